The lowest BCUT2D eigenvalue weighted by atomic mass is 10.3. The highest BCUT2D eigenvalue weighted by atomic mass is 35.5. The van der Waals surface area contributed by atoms with Gasteiger partial charge in [0.05, 0.1) is 16.6 Å². The van der Waals surface area contributed by atoms with Gasteiger partial charge in [-0.2, -0.15) is 0 Å². The molecule has 0 aliphatic rings. The molecule has 0 aliphatic carbocycles. The van der Waals surface area contributed by atoms with E-state index in [1.807, 2.05) is 0 Å². The van der Waals surface area contributed by atoms with E-state index in [4.69, 9.17) is 33.7 Å². The van der Waals surface area contributed by atoms with Crippen molar-refractivity contribution in [3.8, 4) is 5.75 Å². The zero-order valence-electron chi connectivity index (χ0n) is 7.80. The van der Waals surface area contributed by atoms with Gasteiger partial charge in [-0.05, 0) is 12.1 Å². The van der Waals surface area contributed by atoms with Crippen LogP contribution in [0.4, 0.5) is 4.79 Å². The summed E-state index contributed by atoms with van der Waals surface area (Å²) in [6, 6.07) is 4.36. The third kappa shape index (κ3) is 4.27. The molecule has 1 rings (SSSR count). The summed E-state index contributed by atoms with van der Waals surface area (Å²) in [7, 11) is 0. The van der Waals surface area contributed by atoms with E-state index < -0.39 is 6.03 Å². The maximum Gasteiger partial charge on any atom is 0.312 e. The number of ether oxygens (including phenoxy) is 1. The molecule has 0 bridgehead atoms. The van der Waals surface area contributed by atoms with E-state index >= 15 is 0 Å². The highest BCUT2D eigenvalue weighted by Crippen LogP contribution is 2.26. The van der Waals surface area contributed by atoms with Crippen LogP contribution in [0.15, 0.2) is 18.2 Å². The largest absolute Gasteiger partial charge is 0.492 e. The van der Waals surface area contributed by atoms with Gasteiger partial charge in [-0.15, -0.1) is 0 Å². The lowest BCUT2D eigenvalue weighted by molar-refractivity contribution is 0.244. The van der Waals surface area contributed by atoms with Gasteiger partial charge in [0.15, 0.2) is 0 Å². The van der Waals surface area contributed by atoms with Crippen molar-refractivity contribution in [3.05, 3.63) is 28.2 Å². The van der Waals surface area contributed by atoms with E-state index in [0.29, 0.717) is 28.9 Å². The molecule has 4 nitrogen and oxygen atoms in total. The molecule has 1 aromatic rings. The minimum Gasteiger partial charge on any atom is -0.492 e. The second-order valence-electron chi connectivity index (χ2n) is 2.72. The lowest BCUT2D eigenvalue weighted by Crippen LogP contribution is -2.32. The number of hydrogen-bond donors (Lipinski definition) is 2. The molecule has 0 saturated carbocycles. The number of carbonyl (C=O) groups excluding carboxylic acids is 1. The second-order valence-corrected chi connectivity index (χ2v) is 3.53. The molecule has 0 saturated heterocycles. The number of carbonyl (C=O) groups is 1. The van der Waals surface area contributed by atoms with Crippen LogP contribution in [0, 0.1) is 0 Å². The number of urea groups is 1. The van der Waals surface area contributed by atoms with E-state index in [1.165, 1.54) is 0 Å². The number of hydrogen-bond acceptors (Lipinski definition) is 2. The molecular weight excluding hydrogens is 239 g/mol. The molecule has 0 aromatic heterocycles. The molecule has 0 aliphatic heterocycles. The molecular formula is C9H10Cl2N2O2. The van der Waals surface area contributed by atoms with E-state index in [1.54, 1.807) is 18.2 Å². The maximum atomic E-state index is 10.3. The molecule has 0 spiro atoms. The van der Waals surface area contributed by atoms with Crippen molar-refractivity contribution < 1.29 is 9.53 Å². The van der Waals surface area contributed by atoms with E-state index in [9.17, 15) is 4.79 Å². The van der Waals surface area contributed by atoms with Crippen LogP contribution >= 0.6 is 23.2 Å². The van der Waals surface area contributed by atoms with Crippen molar-refractivity contribution in [1.82, 2.24) is 5.32 Å². The van der Waals surface area contributed by atoms with Gasteiger partial charge in [0.1, 0.15) is 12.4 Å². The van der Waals surface area contributed by atoms with E-state index in [-0.39, 0.29) is 0 Å². The Hall–Kier alpha value is -1.13. The molecule has 3 N–H and O–H groups in total. The average Bonchev–Trinajstić information content (AvgIpc) is 2.18. The first kappa shape index (κ1) is 11.9. The van der Waals surface area contributed by atoms with Crippen LogP contribution in [0.25, 0.3) is 0 Å². The standard InChI is InChI=1S/C9H10Cl2N2O2/c10-7-2-1-6(5-8(7)11)15-4-3-13-9(12)14/h1-2,5H,3-4H2,(H3,12,13,14). The Morgan fingerprint density at radius 2 is 2.13 bits per heavy atom. The number of amides is 2. The summed E-state index contributed by atoms with van der Waals surface area (Å²) >= 11 is 11.5. The van der Waals surface area contributed by atoms with Gasteiger partial charge < -0.3 is 15.8 Å². The number of primary amides is 1. The van der Waals surface area contributed by atoms with Gasteiger partial charge in [0, 0.05) is 6.07 Å². The Morgan fingerprint density at radius 3 is 2.73 bits per heavy atom. The molecule has 0 radical (unpaired) electrons. The summed E-state index contributed by atoms with van der Waals surface area (Å²) < 4.78 is 5.28. The van der Waals surface area contributed by atoms with Crippen LogP contribution in [-0.4, -0.2) is 19.2 Å². The highest BCUT2D eigenvalue weighted by Gasteiger charge is 2.00. The fraction of sp³-hybridized carbons (Fsp3) is 0.222. The maximum absolute atomic E-state index is 10.3. The van der Waals surface area contributed by atoms with Gasteiger partial charge in [0.25, 0.3) is 0 Å². The van der Waals surface area contributed by atoms with Crippen LogP contribution in [0.5, 0.6) is 5.75 Å². The van der Waals surface area contributed by atoms with Gasteiger partial charge in [-0.3, -0.25) is 0 Å². The summed E-state index contributed by atoms with van der Waals surface area (Å²) in [5, 5.41) is 3.30. The van der Waals surface area contributed by atoms with E-state index in [2.05, 4.69) is 5.32 Å². The van der Waals surface area contributed by atoms with Crippen LogP contribution < -0.4 is 15.8 Å². The van der Waals surface area contributed by atoms with Crippen LogP contribution in [0.3, 0.4) is 0 Å². The number of nitrogens with two attached hydrogens (primary N) is 1. The SMILES string of the molecule is NC(=O)NCCOc1ccc(Cl)c(Cl)c1. The molecule has 0 atom stereocenters. The summed E-state index contributed by atoms with van der Waals surface area (Å²) in [6.45, 7) is 0.663. The third-order valence-electron chi connectivity index (χ3n) is 1.56. The van der Waals surface area contributed by atoms with Crippen LogP contribution in [0.1, 0.15) is 0 Å². The normalized spacial score (nSPS) is 9.73. The van der Waals surface area contributed by atoms with Gasteiger partial charge in [-0.25, -0.2) is 4.79 Å². The Labute approximate surface area is 97.3 Å². The Morgan fingerprint density at radius 1 is 1.40 bits per heavy atom. The fourth-order valence-electron chi connectivity index (χ4n) is 0.910. The topological polar surface area (TPSA) is 64.4 Å². The van der Waals surface area contributed by atoms with Crippen molar-refractivity contribution in [2.45, 2.75) is 0 Å². The number of nitrogens with one attached hydrogen (secondary N) is 1. The zero-order valence-corrected chi connectivity index (χ0v) is 9.31. The van der Waals surface area contributed by atoms with Crippen molar-refractivity contribution in [3.63, 3.8) is 0 Å². The van der Waals surface area contributed by atoms with Crippen molar-refractivity contribution in [1.29, 1.82) is 0 Å². The fourth-order valence-corrected chi connectivity index (χ4v) is 1.20. The Kier molecular flexibility index (Phi) is 4.52. The number of halogens is 2. The lowest BCUT2D eigenvalue weighted by Gasteiger charge is -2.06. The molecule has 15 heavy (non-hydrogen) atoms. The first-order valence-corrected chi connectivity index (χ1v) is 4.96. The first-order valence-electron chi connectivity index (χ1n) is 4.21. The van der Waals surface area contributed by atoms with Crippen molar-refractivity contribution in [2.75, 3.05) is 13.2 Å². The third-order valence-corrected chi connectivity index (χ3v) is 2.30. The number of rotatable bonds is 4. The summed E-state index contributed by atoms with van der Waals surface area (Å²) in [5.41, 5.74) is 4.87. The Balaban J connectivity index is 2.38. The average molecular weight is 249 g/mol. The highest BCUT2D eigenvalue weighted by molar-refractivity contribution is 6.42. The molecule has 0 fully saturated rings. The molecule has 2 amide bonds. The van der Waals surface area contributed by atoms with Gasteiger partial charge in [0.2, 0.25) is 0 Å². The smallest absolute Gasteiger partial charge is 0.312 e. The predicted octanol–water partition coefficient (Wildman–Crippen LogP) is 2.04. The summed E-state index contributed by atoms with van der Waals surface area (Å²) in [4.78, 5) is 10.3. The summed E-state index contributed by atoms with van der Waals surface area (Å²) in [6.07, 6.45) is 0. The molecule has 0 unspecified atom stereocenters. The minimum atomic E-state index is -0.576. The summed E-state index contributed by atoms with van der Waals surface area (Å²) in [5.74, 6) is 0.593. The predicted molar refractivity (Wildman–Crippen MR) is 59.5 cm³/mol. The van der Waals surface area contributed by atoms with Gasteiger partial charge >= 0.3 is 6.03 Å². The number of benzene rings is 1. The van der Waals surface area contributed by atoms with Crippen LogP contribution in [0.2, 0.25) is 10.0 Å². The quantitative estimate of drug-likeness (QED) is 0.802. The monoisotopic (exact) mass is 248 g/mol. The van der Waals surface area contributed by atoms with Crippen molar-refractivity contribution >= 4 is 29.2 Å². The first-order chi connectivity index (χ1) is 7.09. The molecule has 82 valence electrons. The second kappa shape index (κ2) is 5.68. The minimum absolute atomic E-state index is 0.320. The Bertz CT molecular complexity index is 358. The van der Waals surface area contributed by atoms with E-state index in [0.717, 1.165) is 0 Å². The van der Waals surface area contributed by atoms with Crippen molar-refractivity contribution in [2.24, 2.45) is 5.73 Å². The molecule has 1 aromatic carbocycles. The van der Waals surface area contributed by atoms with Gasteiger partial charge in [-0.1, -0.05) is 23.2 Å². The molecule has 6 heteroatoms. The molecule has 0 heterocycles. The zero-order chi connectivity index (χ0) is 11.3. The van der Waals surface area contributed by atoms with Crippen LogP contribution in [-0.2, 0) is 0 Å².